The summed E-state index contributed by atoms with van der Waals surface area (Å²) >= 11 is 2.08. The van der Waals surface area contributed by atoms with E-state index in [4.69, 9.17) is 5.11 Å². The monoisotopic (exact) mass is 214 g/mol. The molecule has 1 rings (SSSR count). The molecule has 0 spiro atoms. The summed E-state index contributed by atoms with van der Waals surface area (Å²) in [7, 11) is -0.671. The van der Waals surface area contributed by atoms with E-state index < -0.39 is 7.95 Å². The van der Waals surface area contributed by atoms with Gasteiger partial charge in [0.25, 0.3) is 0 Å². The second kappa shape index (κ2) is 6.46. The van der Waals surface area contributed by atoms with Crippen LogP contribution in [0.15, 0.2) is 23.8 Å². The molecule has 0 bridgehead atoms. The molecule has 1 unspecified atom stereocenters. The van der Waals surface area contributed by atoms with E-state index in [0.29, 0.717) is 6.61 Å². The predicted molar refractivity (Wildman–Crippen MR) is 63.8 cm³/mol. The van der Waals surface area contributed by atoms with Crippen molar-refractivity contribution in [1.82, 2.24) is 0 Å². The van der Waals surface area contributed by atoms with Crippen LogP contribution in [0.25, 0.3) is 0 Å². The van der Waals surface area contributed by atoms with Gasteiger partial charge >= 0.3 is 0 Å². The van der Waals surface area contributed by atoms with Crippen molar-refractivity contribution in [2.24, 2.45) is 0 Å². The summed E-state index contributed by atoms with van der Waals surface area (Å²) in [4.78, 5) is 0. The van der Waals surface area contributed by atoms with Crippen molar-refractivity contribution >= 4 is 19.2 Å². The number of rotatable bonds is 5. The lowest BCUT2D eigenvalue weighted by molar-refractivity contribution is 0.318. The van der Waals surface area contributed by atoms with Gasteiger partial charge in [-0.3, -0.25) is 0 Å². The van der Waals surface area contributed by atoms with E-state index in [1.54, 1.807) is 5.57 Å². The Morgan fingerprint density at radius 1 is 1.62 bits per heavy atom. The minimum Gasteiger partial charge on any atom is -0.397 e. The number of hydrogen-bond donors (Lipinski definition) is 1. The Morgan fingerprint density at radius 3 is 3.08 bits per heavy atom. The molecule has 0 saturated heterocycles. The Kier molecular flexibility index (Phi) is 5.51. The van der Waals surface area contributed by atoms with Crippen molar-refractivity contribution in [1.29, 1.82) is 0 Å². The smallest absolute Gasteiger partial charge is 0.101 e. The van der Waals surface area contributed by atoms with Crippen LogP contribution in [-0.4, -0.2) is 25.4 Å². The number of hydrogen-bond acceptors (Lipinski definition) is 2. The lowest BCUT2D eigenvalue weighted by atomic mass is 10.1. The largest absolute Gasteiger partial charge is 0.397 e. The highest BCUT2D eigenvalue weighted by Crippen LogP contribution is 2.20. The van der Waals surface area contributed by atoms with Crippen LogP contribution in [0.2, 0.25) is 12.6 Å². The Hall–Kier alpha value is 0.00688. The van der Waals surface area contributed by atoms with Crippen molar-refractivity contribution in [2.75, 3.05) is 12.4 Å². The zero-order chi connectivity index (χ0) is 9.52. The fourth-order valence-electron chi connectivity index (χ4n) is 1.29. The standard InChI is InChI=1S/C10H18OSSi/c1-13(8-7-11)12-9-10-5-3-2-4-6-10/h2-3,5,11,13H,4,6-9H2,1H3. The summed E-state index contributed by atoms with van der Waals surface area (Å²) in [6.07, 6.45) is 9.09. The number of aliphatic hydroxyl groups is 1. The van der Waals surface area contributed by atoms with Crippen LogP contribution in [0.5, 0.6) is 0 Å². The molecule has 1 aliphatic rings. The van der Waals surface area contributed by atoms with Crippen LogP contribution in [0.1, 0.15) is 12.8 Å². The maximum Gasteiger partial charge on any atom is 0.101 e. The Balaban J connectivity index is 2.17. The molecule has 74 valence electrons. The van der Waals surface area contributed by atoms with Gasteiger partial charge in [0, 0.05) is 12.4 Å². The summed E-state index contributed by atoms with van der Waals surface area (Å²) in [6, 6.07) is 1.05. The van der Waals surface area contributed by atoms with Gasteiger partial charge in [-0.1, -0.05) is 30.3 Å². The topological polar surface area (TPSA) is 20.2 Å². The van der Waals surface area contributed by atoms with E-state index in [1.165, 1.54) is 18.6 Å². The van der Waals surface area contributed by atoms with Crippen molar-refractivity contribution < 1.29 is 5.11 Å². The molecule has 13 heavy (non-hydrogen) atoms. The van der Waals surface area contributed by atoms with Gasteiger partial charge in [-0.05, 0) is 18.9 Å². The first kappa shape index (κ1) is 11.1. The van der Waals surface area contributed by atoms with Crippen molar-refractivity contribution in [3.05, 3.63) is 23.8 Å². The molecule has 0 heterocycles. The van der Waals surface area contributed by atoms with Gasteiger partial charge in [-0.15, -0.1) is 0 Å². The highest BCUT2D eigenvalue weighted by molar-refractivity contribution is 8.25. The molecule has 3 heteroatoms. The highest BCUT2D eigenvalue weighted by atomic mass is 32.4. The average Bonchev–Trinajstić information content (AvgIpc) is 2.17. The van der Waals surface area contributed by atoms with Crippen LogP contribution in [0, 0.1) is 0 Å². The van der Waals surface area contributed by atoms with E-state index in [1.807, 2.05) is 0 Å². The lowest BCUT2D eigenvalue weighted by Crippen LogP contribution is -2.06. The third-order valence-corrected chi connectivity index (χ3v) is 7.28. The van der Waals surface area contributed by atoms with Crippen molar-refractivity contribution in [3.8, 4) is 0 Å². The second-order valence-corrected chi connectivity index (χ2v) is 9.66. The molecule has 0 aromatic carbocycles. The number of allylic oxidation sites excluding steroid dienone is 3. The van der Waals surface area contributed by atoms with Crippen molar-refractivity contribution in [3.63, 3.8) is 0 Å². The Morgan fingerprint density at radius 2 is 2.46 bits per heavy atom. The van der Waals surface area contributed by atoms with Gasteiger partial charge in [0.05, 0.1) is 0 Å². The molecule has 1 nitrogen and oxygen atoms in total. The summed E-state index contributed by atoms with van der Waals surface area (Å²) in [5, 5.41) is 8.77. The molecule has 0 fully saturated rings. The van der Waals surface area contributed by atoms with Gasteiger partial charge < -0.3 is 5.11 Å². The molecular formula is C10H18OSSi. The Labute approximate surface area is 86.2 Å². The van der Waals surface area contributed by atoms with Gasteiger partial charge in [-0.25, -0.2) is 0 Å². The maximum atomic E-state index is 8.77. The highest BCUT2D eigenvalue weighted by Gasteiger charge is 2.06. The van der Waals surface area contributed by atoms with E-state index in [-0.39, 0.29) is 0 Å². The molecule has 0 radical (unpaired) electrons. The zero-order valence-corrected chi connectivity index (χ0v) is 10.2. The molecule has 0 amide bonds. The molecule has 0 aliphatic heterocycles. The summed E-state index contributed by atoms with van der Waals surface area (Å²) in [6.45, 7) is 2.69. The van der Waals surface area contributed by atoms with Crippen LogP contribution < -0.4 is 0 Å². The van der Waals surface area contributed by atoms with Crippen LogP contribution >= 0.6 is 11.2 Å². The summed E-state index contributed by atoms with van der Waals surface area (Å²) in [5.41, 5.74) is 1.57. The van der Waals surface area contributed by atoms with Crippen LogP contribution in [0.4, 0.5) is 0 Å². The van der Waals surface area contributed by atoms with Crippen molar-refractivity contribution in [2.45, 2.75) is 25.4 Å². The zero-order valence-electron chi connectivity index (χ0n) is 8.20. The Bertz CT molecular complexity index is 201. The van der Waals surface area contributed by atoms with E-state index in [0.717, 1.165) is 6.04 Å². The van der Waals surface area contributed by atoms with Crippen LogP contribution in [-0.2, 0) is 0 Å². The minimum atomic E-state index is -0.671. The molecular weight excluding hydrogens is 196 g/mol. The second-order valence-electron chi connectivity index (χ2n) is 3.43. The molecule has 1 aliphatic carbocycles. The molecule has 0 saturated carbocycles. The minimum absolute atomic E-state index is 0.374. The van der Waals surface area contributed by atoms with Gasteiger partial charge in [-0.2, -0.15) is 11.2 Å². The van der Waals surface area contributed by atoms with Gasteiger partial charge in [0.1, 0.15) is 7.95 Å². The van der Waals surface area contributed by atoms with Crippen LogP contribution in [0.3, 0.4) is 0 Å². The molecule has 1 atom stereocenters. The van der Waals surface area contributed by atoms with E-state index in [2.05, 4.69) is 36.0 Å². The van der Waals surface area contributed by atoms with E-state index in [9.17, 15) is 0 Å². The summed E-state index contributed by atoms with van der Waals surface area (Å²) < 4.78 is 0. The fourth-order valence-corrected chi connectivity index (χ4v) is 4.87. The molecule has 0 aromatic heterocycles. The lowest BCUT2D eigenvalue weighted by Gasteiger charge is -2.11. The molecule has 1 N–H and O–H groups in total. The average molecular weight is 214 g/mol. The first-order valence-electron chi connectivity index (χ1n) is 4.90. The SMILES string of the molecule is C[SiH](CCO)SCC1=CC=CCC1. The van der Waals surface area contributed by atoms with Gasteiger partial charge in [0.15, 0.2) is 0 Å². The van der Waals surface area contributed by atoms with Gasteiger partial charge in [0.2, 0.25) is 0 Å². The fraction of sp³-hybridized carbons (Fsp3) is 0.600. The third-order valence-electron chi connectivity index (χ3n) is 2.19. The predicted octanol–water partition coefficient (Wildman–Crippen LogP) is 2.34. The summed E-state index contributed by atoms with van der Waals surface area (Å²) in [5.74, 6) is 1.19. The first-order valence-corrected chi connectivity index (χ1v) is 9.33. The third kappa shape index (κ3) is 4.69. The quantitative estimate of drug-likeness (QED) is 0.709. The molecule has 0 aromatic rings. The normalized spacial score (nSPS) is 18.5. The maximum absolute atomic E-state index is 8.77. The first-order chi connectivity index (χ1) is 6.33. The number of aliphatic hydroxyl groups excluding tert-OH is 1. The van der Waals surface area contributed by atoms with E-state index >= 15 is 0 Å².